The number of hydrogen-bond acceptors (Lipinski definition) is 1. The van der Waals surface area contributed by atoms with Crippen LogP contribution in [0.3, 0.4) is 0 Å². The molecule has 0 heterocycles. The van der Waals surface area contributed by atoms with Crippen molar-refractivity contribution >= 4 is 5.84 Å². The van der Waals surface area contributed by atoms with E-state index in [9.17, 15) is 0 Å². The maximum atomic E-state index is 6.28. The Kier molecular flexibility index (Phi) is 7.04. The predicted octanol–water partition coefficient (Wildman–Crippen LogP) is -0.0602. The van der Waals surface area contributed by atoms with Gasteiger partial charge in [-0.3, -0.25) is 5.41 Å². The second-order valence-corrected chi connectivity index (χ2v) is 0.683. The van der Waals surface area contributed by atoms with Crippen LogP contribution in [0, 0.1) is 5.41 Å². The standard InChI is InChI=1S/C2H6N2.Ni/c1-2(3)4;/h1H3,(H3,3,4);. The van der Waals surface area contributed by atoms with Gasteiger partial charge in [-0.05, 0) is 6.92 Å². The van der Waals surface area contributed by atoms with Gasteiger partial charge in [0, 0.05) is 16.5 Å². The average molecular weight is 117 g/mol. The molecule has 0 saturated carbocycles. The molecule has 0 aromatic rings. The van der Waals surface area contributed by atoms with Crippen LogP contribution in [0.4, 0.5) is 0 Å². The molecule has 0 amide bonds. The van der Waals surface area contributed by atoms with Crippen LogP contribution in [-0.4, -0.2) is 5.84 Å². The van der Waals surface area contributed by atoms with E-state index < -0.39 is 0 Å². The van der Waals surface area contributed by atoms with Gasteiger partial charge in [0.15, 0.2) is 0 Å². The molecule has 0 aromatic heterocycles. The van der Waals surface area contributed by atoms with Gasteiger partial charge in [-0.1, -0.05) is 0 Å². The van der Waals surface area contributed by atoms with Gasteiger partial charge in [-0.2, -0.15) is 0 Å². The summed E-state index contributed by atoms with van der Waals surface area (Å²) in [6.07, 6.45) is 0. The van der Waals surface area contributed by atoms with Crippen LogP contribution in [0.2, 0.25) is 0 Å². The number of amidine groups is 1. The molecule has 0 rings (SSSR count). The van der Waals surface area contributed by atoms with E-state index in [0.717, 1.165) is 0 Å². The molecule has 0 radical (unpaired) electrons. The first kappa shape index (κ1) is 8.88. The molecule has 0 bridgehead atoms. The van der Waals surface area contributed by atoms with Crippen LogP contribution in [-0.2, 0) is 16.5 Å². The summed E-state index contributed by atoms with van der Waals surface area (Å²) >= 11 is 0. The van der Waals surface area contributed by atoms with Crippen molar-refractivity contribution in [3.05, 3.63) is 0 Å². The fraction of sp³-hybridized carbons (Fsp3) is 0.500. The Morgan fingerprint density at radius 1 is 1.80 bits per heavy atom. The monoisotopic (exact) mass is 116 g/mol. The molecule has 3 N–H and O–H groups in total. The van der Waals surface area contributed by atoms with Gasteiger partial charge >= 0.3 is 0 Å². The Morgan fingerprint density at radius 3 is 1.80 bits per heavy atom. The Morgan fingerprint density at radius 2 is 1.80 bits per heavy atom. The smallest absolute Gasteiger partial charge is 0.0873 e. The SMILES string of the molecule is CC(=N)N.[Ni]. The second kappa shape index (κ2) is 3.96. The van der Waals surface area contributed by atoms with Gasteiger partial charge in [-0.25, -0.2) is 0 Å². The van der Waals surface area contributed by atoms with Crippen LogP contribution in [0.15, 0.2) is 0 Å². The van der Waals surface area contributed by atoms with Gasteiger partial charge in [-0.15, -0.1) is 0 Å². The van der Waals surface area contributed by atoms with E-state index in [0.29, 0.717) is 0 Å². The molecule has 0 aliphatic rings. The normalized spacial score (nSPS) is 5.00. The minimum absolute atomic E-state index is 0. The first-order chi connectivity index (χ1) is 1.73. The molecule has 0 aliphatic carbocycles. The van der Waals surface area contributed by atoms with E-state index in [4.69, 9.17) is 11.1 Å². The largest absolute Gasteiger partial charge is 0.388 e. The summed E-state index contributed by atoms with van der Waals surface area (Å²) in [5, 5.41) is 6.28. The van der Waals surface area contributed by atoms with E-state index >= 15 is 0 Å². The van der Waals surface area contributed by atoms with Crippen LogP contribution in [0.25, 0.3) is 0 Å². The molecule has 2 nitrogen and oxygen atoms in total. The second-order valence-electron chi connectivity index (χ2n) is 0.683. The van der Waals surface area contributed by atoms with Gasteiger partial charge in [0.1, 0.15) is 0 Å². The quantitative estimate of drug-likeness (QED) is 0.260. The van der Waals surface area contributed by atoms with E-state index in [1.54, 1.807) is 0 Å². The molecular weight excluding hydrogens is 111 g/mol. The number of hydrogen-bond donors (Lipinski definition) is 2. The summed E-state index contributed by atoms with van der Waals surface area (Å²) < 4.78 is 0. The number of rotatable bonds is 0. The third-order valence-corrected chi connectivity index (χ3v) is 0. The van der Waals surface area contributed by atoms with Crippen LogP contribution in [0.5, 0.6) is 0 Å². The first-order valence-electron chi connectivity index (χ1n) is 1.04. The Hall–Kier alpha value is -0.0365. The zero-order valence-corrected chi connectivity index (χ0v) is 3.88. The van der Waals surface area contributed by atoms with Crippen LogP contribution >= 0.6 is 0 Å². The van der Waals surface area contributed by atoms with Gasteiger partial charge in [0.05, 0.1) is 5.84 Å². The number of nitrogens with two attached hydrogens (primary N) is 1. The van der Waals surface area contributed by atoms with Crippen molar-refractivity contribution in [2.75, 3.05) is 0 Å². The molecule has 0 aromatic carbocycles. The maximum Gasteiger partial charge on any atom is 0.0873 e. The summed E-state index contributed by atoms with van der Waals surface area (Å²) in [6.45, 7) is 1.53. The first-order valence-corrected chi connectivity index (χ1v) is 1.04. The molecule has 3 heteroatoms. The zero-order chi connectivity index (χ0) is 3.58. The molecule has 0 unspecified atom stereocenters. The van der Waals surface area contributed by atoms with Crippen molar-refractivity contribution in [2.24, 2.45) is 5.73 Å². The Bertz CT molecular complexity index is 30.6. The molecule has 34 valence electrons. The summed E-state index contributed by atoms with van der Waals surface area (Å²) in [5.41, 5.74) is 4.69. The van der Waals surface area contributed by atoms with Crippen molar-refractivity contribution in [3.63, 3.8) is 0 Å². The molecule has 5 heavy (non-hydrogen) atoms. The van der Waals surface area contributed by atoms with Crippen molar-refractivity contribution < 1.29 is 16.5 Å². The van der Waals surface area contributed by atoms with E-state index in [-0.39, 0.29) is 22.3 Å². The van der Waals surface area contributed by atoms with Crippen LogP contribution < -0.4 is 5.73 Å². The van der Waals surface area contributed by atoms with Gasteiger partial charge in [0.25, 0.3) is 0 Å². The molecule has 0 fully saturated rings. The molecular formula is C2H6N2Ni. The van der Waals surface area contributed by atoms with Crippen molar-refractivity contribution in [3.8, 4) is 0 Å². The topological polar surface area (TPSA) is 49.9 Å². The number of nitrogens with one attached hydrogen (secondary N) is 1. The summed E-state index contributed by atoms with van der Waals surface area (Å²) in [6, 6.07) is 0. The van der Waals surface area contributed by atoms with Crippen molar-refractivity contribution in [2.45, 2.75) is 6.92 Å². The summed E-state index contributed by atoms with van der Waals surface area (Å²) in [5.74, 6) is 0.167. The Balaban J connectivity index is 0. The Labute approximate surface area is 41.2 Å². The molecule has 0 atom stereocenters. The van der Waals surface area contributed by atoms with Crippen LogP contribution in [0.1, 0.15) is 6.92 Å². The predicted molar refractivity (Wildman–Crippen MR) is 17.6 cm³/mol. The van der Waals surface area contributed by atoms with E-state index in [1.807, 2.05) is 0 Å². The van der Waals surface area contributed by atoms with Gasteiger partial charge < -0.3 is 5.73 Å². The van der Waals surface area contributed by atoms with E-state index in [1.165, 1.54) is 6.92 Å². The molecule has 0 aliphatic heterocycles. The van der Waals surface area contributed by atoms with Gasteiger partial charge in [0.2, 0.25) is 0 Å². The fourth-order valence-corrected chi connectivity index (χ4v) is 0. The zero-order valence-electron chi connectivity index (χ0n) is 2.89. The van der Waals surface area contributed by atoms with Crippen molar-refractivity contribution in [1.82, 2.24) is 0 Å². The van der Waals surface area contributed by atoms with Crippen molar-refractivity contribution in [1.29, 1.82) is 5.41 Å². The maximum absolute atomic E-state index is 6.28. The summed E-state index contributed by atoms with van der Waals surface area (Å²) in [4.78, 5) is 0. The van der Waals surface area contributed by atoms with E-state index in [2.05, 4.69) is 0 Å². The molecule has 0 saturated heterocycles. The molecule has 0 spiro atoms. The minimum Gasteiger partial charge on any atom is -0.388 e. The fourth-order valence-electron chi connectivity index (χ4n) is 0. The minimum atomic E-state index is 0. The summed E-state index contributed by atoms with van der Waals surface area (Å²) in [7, 11) is 0. The third kappa shape index (κ3) is 11500. The average Bonchev–Trinajstić information content (AvgIpc) is 0.811. The third-order valence-electron chi connectivity index (χ3n) is 0.